The molecular weight excluding hydrogens is 847 g/mol. The highest BCUT2D eigenvalue weighted by Gasteiger charge is 2.51. The molecule has 2 heterocycles. The molecule has 0 saturated carbocycles. The molecule has 12 unspecified atom stereocenters. The summed E-state index contributed by atoms with van der Waals surface area (Å²) in [6, 6.07) is -0.820. The number of hydrogen-bond acceptors (Lipinski definition) is 13. The van der Waals surface area contributed by atoms with E-state index >= 15 is 0 Å². The van der Waals surface area contributed by atoms with E-state index in [1.165, 1.54) is 154 Å². The van der Waals surface area contributed by atoms with Gasteiger partial charge in [-0.3, -0.25) is 4.79 Å². The van der Waals surface area contributed by atoms with Gasteiger partial charge in [-0.15, -0.1) is 0 Å². The Kier molecular flexibility index (Phi) is 36.7. The predicted octanol–water partition coefficient (Wildman–Crippen LogP) is 7.78. The fourth-order valence-electron chi connectivity index (χ4n) is 9.36. The molecule has 0 aliphatic carbocycles. The summed E-state index contributed by atoms with van der Waals surface area (Å²) in [5.74, 6) is -0.204. The first-order valence-electron chi connectivity index (χ1n) is 27.3. The standard InChI is InChI=1S/C52H101NO13/c1-3-5-7-9-11-13-14-15-16-17-18-19-20-21-22-23-24-25-26-28-30-32-34-36-44(57)53-40(41(56)35-33-31-29-27-12-10-8-6-4-2)39-63-51-49(62)47(60)50(43(38-55)65-51)66-52-48(61)46(59)45(58)42(37-54)64-52/h40-43,45-52,54-56,58-62H,3-39H2,1-2H3,(H,53,57). The van der Waals surface area contributed by atoms with Gasteiger partial charge in [0.15, 0.2) is 12.6 Å². The van der Waals surface area contributed by atoms with Gasteiger partial charge in [-0.25, -0.2) is 0 Å². The highest BCUT2D eigenvalue weighted by molar-refractivity contribution is 5.76. The van der Waals surface area contributed by atoms with Crippen molar-refractivity contribution in [3.05, 3.63) is 0 Å². The number of amides is 1. The lowest BCUT2D eigenvalue weighted by molar-refractivity contribution is -0.359. The Bertz CT molecular complexity index is 1120. The van der Waals surface area contributed by atoms with E-state index in [-0.39, 0.29) is 12.5 Å². The summed E-state index contributed by atoms with van der Waals surface area (Å²) in [7, 11) is 0. The van der Waals surface area contributed by atoms with E-state index in [0.29, 0.717) is 12.8 Å². The zero-order chi connectivity index (χ0) is 48.2. The Labute approximate surface area is 400 Å². The molecule has 0 aromatic rings. The van der Waals surface area contributed by atoms with Crippen LogP contribution < -0.4 is 5.32 Å². The number of unbranched alkanes of at least 4 members (excludes halogenated alkanes) is 30. The van der Waals surface area contributed by atoms with E-state index in [4.69, 9.17) is 18.9 Å². The van der Waals surface area contributed by atoms with Crippen LogP contribution in [0.3, 0.4) is 0 Å². The molecule has 0 radical (unpaired) electrons. The first-order valence-corrected chi connectivity index (χ1v) is 27.3. The Morgan fingerprint density at radius 3 is 1.29 bits per heavy atom. The first-order chi connectivity index (χ1) is 32.1. The van der Waals surface area contributed by atoms with Crippen LogP contribution in [-0.2, 0) is 23.7 Å². The highest BCUT2D eigenvalue weighted by Crippen LogP contribution is 2.30. The minimum absolute atomic E-state index is 0.204. The lowest BCUT2D eigenvalue weighted by atomic mass is 9.97. The van der Waals surface area contributed by atoms with E-state index in [9.17, 15) is 45.6 Å². The Morgan fingerprint density at radius 1 is 0.485 bits per heavy atom. The summed E-state index contributed by atoms with van der Waals surface area (Å²) < 4.78 is 22.7. The third kappa shape index (κ3) is 26.3. The number of rotatable bonds is 43. The van der Waals surface area contributed by atoms with Crippen LogP contribution in [0.2, 0.25) is 0 Å². The Balaban J connectivity index is 1.71. The number of ether oxygens (including phenoxy) is 4. The number of carbonyl (C=O) groups excluding carboxylic acids is 1. The van der Waals surface area contributed by atoms with Crippen molar-refractivity contribution in [3.8, 4) is 0 Å². The van der Waals surface area contributed by atoms with Gasteiger partial charge >= 0.3 is 0 Å². The molecule has 0 spiro atoms. The van der Waals surface area contributed by atoms with Crippen molar-refractivity contribution >= 4 is 5.91 Å². The van der Waals surface area contributed by atoms with Gasteiger partial charge in [0.1, 0.15) is 48.8 Å². The number of aliphatic hydroxyl groups is 8. The first kappa shape index (κ1) is 61.1. The van der Waals surface area contributed by atoms with E-state index in [0.717, 1.165) is 51.4 Å². The molecule has 1 amide bonds. The molecule has 2 fully saturated rings. The molecule has 2 aliphatic rings. The summed E-state index contributed by atoms with van der Waals surface area (Å²) in [4.78, 5) is 13.2. The minimum atomic E-state index is -1.78. The Morgan fingerprint density at radius 2 is 0.864 bits per heavy atom. The third-order valence-electron chi connectivity index (χ3n) is 13.8. The summed E-state index contributed by atoms with van der Waals surface area (Å²) in [5.41, 5.74) is 0. The average Bonchev–Trinajstić information content (AvgIpc) is 3.31. The zero-order valence-electron chi connectivity index (χ0n) is 41.7. The Hall–Kier alpha value is -1.01. The second kappa shape index (κ2) is 39.7. The summed E-state index contributed by atoms with van der Waals surface area (Å²) in [6.07, 6.45) is 24.1. The maximum atomic E-state index is 13.2. The molecule has 12 atom stereocenters. The second-order valence-electron chi connectivity index (χ2n) is 19.7. The predicted molar refractivity (Wildman–Crippen MR) is 259 cm³/mol. The summed E-state index contributed by atoms with van der Waals surface area (Å²) >= 11 is 0. The van der Waals surface area contributed by atoms with Gasteiger partial charge in [0.05, 0.1) is 32.0 Å². The van der Waals surface area contributed by atoms with Gasteiger partial charge in [0, 0.05) is 6.42 Å². The van der Waals surface area contributed by atoms with Crippen LogP contribution in [0.25, 0.3) is 0 Å². The summed E-state index contributed by atoms with van der Waals surface area (Å²) in [5, 5.41) is 86.8. The second-order valence-corrected chi connectivity index (χ2v) is 19.7. The van der Waals surface area contributed by atoms with Gasteiger partial charge in [-0.1, -0.05) is 213 Å². The van der Waals surface area contributed by atoms with Gasteiger partial charge in [0.2, 0.25) is 5.91 Å². The van der Waals surface area contributed by atoms with Crippen LogP contribution >= 0.6 is 0 Å². The highest BCUT2D eigenvalue weighted by atomic mass is 16.7. The quantitative estimate of drug-likeness (QED) is 0.0267. The van der Waals surface area contributed by atoms with Crippen molar-refractivity contribution in [2.75, 3.05) is 19.8 Å². The largest absolute Gasteiger partial charge is 0.394 e. The SMILES string of the molecule is CCCCCCCCCCCCCCCCCCCCCCCCCC(=O)NC(COC1OC(CO)C(OC2OC(CO)C(O)C(O)C2O)C(O)C1O)C(O)CCCCCCCCCCC. The molecule has 392 valence electrons. The van der Waals surface area contributed by atoms with Crippen molar-refractivity contribution in [1.29, 1.82) is 0 Å². The lowest BCUT2D eigenvalue weighted by Crippen LogP contribution is -2.65. The van der Waals surface area contributed by atoms with Crippen LogP contribution in [0.4, 0.5) is 0 Å². The van der Waals surface area contributed by atoms with E-state index in [1.54, 1.807) is 0 Å². The smallest absolute Gasteiger partial charge is 0.220 e. The lowest BCUT2D eigenvalue weighted by Gasteiger charge is -2.46. The third-order valence-corrected chi connectivity index (χ3v) is 13.8. The van der Waals surface area contributed by atoms with Gasteiger partial charge in [-0.05, 0) is 12.8 Å². The normalized spacial score (nSPS) is 26.7. The molecule has 2 saturated heterocycles. The van der Waals surface area contributed by atoms with Crippen LogP contribution in [-0.4, -0.2) is 140 Å². The summed E-state index contributed by atoms with van der Waals surface area (Å²) in [6.45, 7) is 2.84. The molecule has 14 nitrogen and oxygen atoms in total. The van der Waals surface area contributed by atoms with Crippen molar-refractivity contribution in [1.82, 2.24) is 5.32 Å². The molecule has 0 aromatic heterocycles. The zero-order valence-corrected chi connectivity index (χ0v) is 41.7. The number of aliphatic hydroxyl groups excluding tert-OH is 8. The molecule has 2 aliphatic heterocycles. The number of hydrogen-bond donors (Lipinski definition) is 9. The van der Waals surface area contributed by atoms with Gasteiger partial charge in [-0.2, -0.15) is 0 Å². The molecule has 66 heavy (non-hydrogen) atoms. The molecule has 0 bridgehead atoms. The van der Waals surface area contributed by atoms with Gasteiger partial charge in [0.25, 0.3) is 0 Å². The van der Waals surface area contributed by atoms with Crippen LogP contribution in [0.5, 0.6) is 0 Å². The maximum absolute atomic E-state index is 13.2. The topological polar surface area (TPSA) is 228 Å². The molecule has 9 N–H and O–H groups in total. The maximum Gasteiger partial charge on any atom is 0.220 e. The number of nitrogens with one attached hydrogen (secondary N) is 1. The monoisotopic (exact) mass is 948 g/mol. The fourth-order valence-corrected chi connectivity index (χ4v) is 9.36. The van der Waals surface area contributed by atoms with Crippen LogP contribution in [0, 0.1) is 0 Å². The van der Waals surface area contributed by atoms with E-state index in [1.807, 2.05) is 0 Å². The van der Waals surface area contributed by atoms with Crippen molar-refractivity contribution < 1.29 is 64.6 Å². The van der Waals surface area contributed by atoms with Crippen molar-refractivity contribution in [2.24, 2.45) is 0 Å². The van der Waals surface area contributed by atoms with Crippen LogP contribution in [0.1, 0.15) is 232 Å². The van der Waals surface area contributed by atoms with Crippen molar-refractivity contribution in [2.45, 2.75) is 306 Å². The molecule has 14 heteroatoms. The molecule has 0 aromatic carbocycles. The van der Waals surface area contributed by atoms with E-state index < -0.39 is 86.8 Å². The van der Waals surface area contributed by atoms with Gasteiger partial charge < -0.3 is 65.1 Å². The fraction of sp³-hybridized carbons (Fsp3) is 0.981. The number of carbonyl (C=O) groups is 1. The average molecular weight is 948 g/mol. The van der Waals surface area contributed by atoms with Crippen molar-refractivity contribution in [3.63, 3.8) is 0 Å². The minimum Gasteiger partial charge on any atom is -0.394 e. The van der Waals surface area contributed by atoms with Crippen LogP contribution in [0.15, 0.2) is 0 Å². The molecule has 2 rings (SSSR count). The molecular formula is C52H101NO13. The van der Waals surface area contributed by atoms with E-state index in [2.05, 4.69) is 19.2 Å².